The first-order valence-corrected chi connectivity index (χ1v) is 9.34. The molecule has 2 aromatic carbocycles. The summed E-state index contributed by atoms with van der Waals surface area (Å²) in [6, 6.07) is 18.2. The van der Waals surface area contributed by atoms with Crippen LogP contribution < -0.4 is 5.32 Å². The normalized spacial score (nSPS) is 16.5. The summed E-state index contributed by atoms with van der Waals surface area (Å²) < 4.78 is 1.64. The molecule has 0 radical (unpaired) electrons. The molecule has 0 spiro atoms. The highest BCUT2D eigenvalue weighted by molar-refractivity contribution is 5.92. The Hall–Kier alpha value is -2.70. The molecular weight excluding hydrogens is 374 g/mol. The predicted molar refractivity (Wildman–Crippen MR) is 111 cm³/mol. The molecule has 1 fully saturated rings. The number of benzene rings is 2. The van der Waals surface area contributed by atoms with E-state index >= 15 is 0 Å². The van der Waals surface area contributed by atoms with Crippen molar-refractivity contribution in [1.82, 2.24) is 25.2 Å². The molecule has 3 aromatic rings. The van der Waals surface area contributed by atoms with Gasteiger partial charge in [-0.3, -0.25) is 4.79 Å². The van der Waals surface area contributed by atoms with Crippen molar-refractivity contribution in [3.05, 3.63) is 77.6 Å². The lowest BCUT2D eigenvalue weighted by molar-refractivity contribution is 0.0628. The lowest BCUT2D eigenvalue weighted by atomic mass is 10.0. The second kappa shape index (κ2) is 8.99. The van der Waals surface area contributed by atoms with Crippen molar-refractivity contribution in [3.63, 3.8) is 0 Å². The highest BCUT2D eigenvalue weighted by Gasteiger charge is 2.30. The van der Waals surface area contributed by atoms with E-state index in [1.807, 2.05) is 35.2 Å². The summed E-state index contributed by atoms with van der Waals surface area (Å²) in [5.41, 5.74) is 3.70. The monoisotopic (exact) mass is 397 g/mol. The van der Waals surface area contributed by atoms with Gasteiger partial charge in [0.25, 0.3) is 5.91 Å². The molecule has 2 heterocycles. The van der Waals surface area contributed by atoms with Crippen molar-refractivity contribution >= 4 is 18.3 Å². The first-order valence-electron chi connectivity index (χ1n) is 9.34. The minimum atomic E-state index is -0.0803. The SMILES string of the molecule is CCc1ccc(C2CNCCN2C(=O)c2cn(-c3ccccc3)nn2)cc1.Cl. The van der Waals surface area contributed by atoms with Gasteiger partial charge in [0, 0.05) is 19.6 Å². The number of hydrogen-bond acceptors (Lipinski definition) is 4. The number of carbonyl (C=O) groups is 1. The Morgan fingerprint density at radius 2 is 1.89 bits per heavy atom. The van der Waals surface area contributed by atoms with Crippen LogP contribution >= 0.6 is 12.4 Å². The van der Waals surface area contributed by atoms with E-state index < -0.39 is 0 Å². The van der Waals surface area contributed by atoms with Gasteiger partial charge in [-0.25, -0.2) is 4.68 Å². The minimum Gasteiger partial charge on any atom is -0.328 e. The van der Waals surface area contributed by atoms with Crippen molar-refractivity contribution in [1.29, 1.82) is 0 Å². The second-order valence-electron chi connectivity index (χ2n) is 6.70. The number of aryl methyl sites for hydroxylation is 1. The number of carbonyl (C=O) groups excluding carboxylic acids is 1. The Balaban J connectivity index is 0.00000225. The van der Waals surface area contributed by atoms with E-state index in [9.17, 15) is 4.79 Å². The fourth-order valence-electron chi connectivity index (χ4n) is 3.44. The fourth-order valence-corrected chi connectivity index (χ4v) is 3.44. The van der Waals surface area contributed by atoms with Crippen LogP contribution in [0.15, 0.2) is 60.8 Å². The molecule has 1 aliphatic heterocycles. The molecule has 1 aliphatic rings. The van der Waals surface area contributed by atoms with E-state index in [2.05, 4.69) is 46.8 Å². The van der Waals surface area contributed by atoms with Crippen molar-refractivity contribution in [3.8, 4) is 5.69 Å². The van der Waals surface area contributed by atoms with Gasteiger partial charge in [-0.05, 0) is 29.7 Å². The predicted octanol–water partition coefficient (Wildman–Crippen LogP) is 3.04. The van der Waals surface area contributed by atoms with E-state index in [-0.39, 0.29) is 24.4 Å². The molecule has 1 amide bonds. The molecule has 28 heavy (non-hydrogen) atoms. The van der Waals surface area contributed by atoms with Gasteiger partial charge >= 0.3 is 0 Å². The maximum Gasteiger partial charge on any atom is 0.276 e. The van der Waals surface area contributed by atoms with E-state index in [1.54, 1.807) is 10.9 Å². The summed E-state index contributed by atoms with van der Waals surface area (Å²) in [7, 11) is 0. The molecule has 1 aromatic heterocycles. The number of nitrogens with one attached hydrogen (secondary N) is 1. The molecule has 4 rings (SSSR count). The maximum atomic E-state index is 13.1. The van der Waals surface area contributed by atoms with Crippen LogP contribution in [0, 0.1) is 0 Å². The Morgan fingerprint density at radius 3 is 2.61 bits per heavy atom. The standard InChI is InChI=1S/C21H23N5O.ClH/c1-2-16-8-10-17(11-9-16)20-14-22-12-13-25(20)21(27)19-15-26(24-23-19)18-6-4-3-5-7-18;/h3-11,15,20,22H,2,12-14H2,1H3;1H. The van der Waals surface area contributed by atoms with Crippen LogP contribution in [0.3, 0.4) is 0 Å². The molecule has 146 valence electrons. The Bertz CT molecular complexity index is 910. The van der Waals surface area contributed by atoms with E-state index in [4.69, 9.17) is 0 Å². The van der Waals surface area contributed by atoms with Gasteiger partial charge in [-0.2, -0.15) is 0 Å². The van der Waals surface area contributed by atoms with Gasteiger partial charge in [0.05, 0.1) is 17.9 Å². The van der Waals surface area contributed by atoms with Gasteiger partial charge in [-0.15, -0.1) is 17.5 Å². The number of halogens is 1. The van der Waals surface area contributed by atoms with Crippen LogP contribution in [0.2, 0.25) is 0 Å². The molecule has 1 atom stereocenters. The quantitative estimate of drug-likeness (QED) is 0.735. The number of hydrogen-bond donors (Lipinski definition) is 1. The van der Waals surface area contributed by atoms with Crippen LogP contribution in [-0.4, -0.2) is 45.4 Å². The van der Waals surface area contributed by atoms with E-state index in [0.717, 1.165) is 30.8 Å². The van der Waals surface area contributed by atoms with Gasteiger partial charge in [0.15, 0.2) is 5.69 Å². The first-order chi connectivity index (χ1) is 13.3. The third-order valence-electron chi connectivity index (χ3n) is 5.01. The van der Waals surface area contributed by atoms with Gasteiger partial charge < -0.3 is 10.2 Å². The van der Waals surface area contributed by atoms with Gasteiger partial charge in [0.1, 0.15) is 0 Å². The molecule has 7 heteroatoms. The smallest absolute Gasteiger partial charge is 0.276 e. The fraction of sp³-hybridized carbons (Fsp3) is 0.286. The van der Waals surface area contributed by atoms with Crippen LogP contribution in [0.5, 0.6) is 0 Å². The number of nitrogens with zero attached hydrogens (tertiary/aromatic N) is 4. The zero-order chi connectivity index (χ0) is 18.6. The van der Waals surface area contributed by atoms with E-state index in [0.29, 0.717) is 12.2 Å². The average Bonchev–Trinajstić information content (AvgIpc) is 3.24. The topological polar surface area (TPSA) is 63.1 Å². The summed E-state index contributed by atoms with van der Waals surface area (Å²) in [5.74, 6) is -0.0803. The van der Waals surface area contributed by atoms with Crippen molar-refractivity contribution in [2.45, 2.75) is 19.4 Å². The summed E-state index contributed by atoms with van der Waals surface area (Å²) in [6.45, 7) is 4.31. The molecule has 1 saturated heterocycles. The number of para-hydroxylation sites is 1. The molecule has 1 N–H and O–H groups in total. The molecule has 0 bridgehead atoms. The maximum absolute atomic E-state index is 13.1. The lowest BCUT2D eigenvalue weighted by Gasteiger charge is -2.36. The molecule has 1 unspecified atom stereocenters. The third kappa shape index (κ3) is 4.08. The molecular formula is C21H24ClN5O. The second-order valence-corrected chi connectivity index (χ2v) is 6.70. The minimum absolute atomic E-state index is 0. The Labute approximate surface area is 171 Å². The summed E-state index contributed by atoms with van der Waals surface area (Å²) in [5, 5.41) is 11.6. The van der Waals surface area contributed by atoms with Crippen molar-refractivity contribution in [2.24, 2.45) is 0 Å². The summed E-state index contributed by atoms with van der Waals surface area (Å²) >= 11 is 0. The molecule has 6 nitrogen and oxygen atoms in total. The lowest BCUT2D eigenvalue weighted by Crippen LogP contribution is -2.48. The summed E-state index contributed by atoms with van der Waals surface area (Å²) in [6.07, 6.45) is 2.71. The largest absolute Gasteiger partial charge is 0.328 e. The Kier molecular flexibility index (Phi) is 6.44. The highest BCUT2D eigenvalue weighted by atomic mass is 35.5. The van der Waals surface area contributed by atoms with Crippen molar-refractivity contribution in [2.75, 3.05) is 19.6 Å². The number of aromatic nitrogens is 3. The van der Waals surface area contributed by atoms with Crippen LogP contribution in [0.4, 0.5) is 0 Å². The van der Waals surface area contributed by atoms with Crippen LogP contribution in [-0.2, 0) is 6.42 Å². The highest BCUT2D eigenvalue weighted by Crippen LogP contribution is 2.24. The van der Waals surface area contributed by atoms with Gasteiger partial charge in [0.2, 0.25) is 0 Å². The first kappa shape index (κ1) is 20.0. The summed E-state index contributed by atoms with van der Waals surface area (Å²) in [4.78, 5) is 15.0. The number of amides is 1. The third-order valence-corrected chi connectivity index (χ3v) is 5.01. The van der Waals surface area contributed by atoms with Gasteiger partial charge in [-0.1, -0.05) is 54.6 Å². The molecule has 0 aliphatic carbocycles. The van der Waals surface area contributed by atoms with E-state index in [1.165, 1.54) is 5.56 Å². The average molecular weight is 398 g/mol. The number of rotatable bonds is 4. The van der Waals surface area contributed by atoms with Crippen LogP contribution in [0.25, 0.3) is 5.69 Å². The molecule has 0 saturated carbocycles. The zero-order valence-corrected chi connectivity index (χ0v) is 16.6. The Morgan fingerprint density at radius 1 is 1.14 bits per heavy atom. The van der Waals surface area contributed by atoms with Crippen LogP contribution in [0.1, 0.15) is 34.6 Å². The van der Waals surface area contributed by atoms with Crippen molar-refractivity contribution < 1.29 is 4.79 Å². The zero-order valence-electron chi connectivity index (χ0n) is 15.8. The number of piperazine rings is 1.